The van der Waals surface area contributed by atoms with Gasteiger partial charge in [-0.15, -0.1) is 0 Å². The third-order valence-electron chi connectivity index (χ3n) is 1.50. The average molecular weight is 186 g/mol. The van der Waals surface area contributed by atoms with E-state index in [2.05, 4.69) is 4.18 Å². The Morgan fingerprint density at radius 3 is 2.42 bits per heavy atom. The monoisotopic (exact) mass is 186 g/mol. The van der Waals surface area contributed by atoms with E-state index < -0.39 is 11.4 Å². The zero-order chi connectivity index (χ0) is 8.97. The van der Waals surface area contributed by atoms with Crippen LogP contribution in [0.1, 0.15) is 12.5 Å². The van der Waals surface area contributed by atoms with E-state index in [1.54, 1.807) is 12.1 Å². The Labute approximate surface area is 73.9 Å². The highest BCUT2D eigenvalue weighted by Gasteiger charge is 1.96. The molecule has 0 saturated heterocycles. The molecule has 1 unspecified atom stereocenters. The highest BCUT2D eigenvalue weighted by molar-refractivity contribution is 7.74. The van der Waals surface area contributed by atoms with Gasteiger partial charge in [-0.2, -0.15) is 4.21 Å². The Morgan fingerprint density at radius 1 is 1.42 bits per heavy atom. The summed E-state index contributed by atoms with van der Waals surface area (Å²) in [7, 11) is 0. The van der Waals surface area contributed by atoms with E-state index in [0.29, 0.717) is 5.75 Å². The molecule has 1 aromatic carbocycles. The van der Waals surface area contributed by atoms with Crippen LogP contribution in [-0.2, 0) is 17.8 Å². The standard InChI is InChI=1S/C8H10O3S/c1-2-7-3-5-8(6-4-7)11-12(9)10/h3-6H,2H2,1H3,(H,9,10). The summed E-state index contributed by atoms with van der Waals surface area (Å²) in [5.41, 5.74) is 1.17. The van der Waals surface area contributed by atoms with Crippen molar-refractivity contribution in [2.45, 2.75) is 13.3 Å². The number of benzene rings is 1. The van der Waals surface area contributed by atoms with Crippen molar-refractivity contribution in [1.82, 2.24) is 0 Å². The van der Waals surface area contributed by atoms with Crippen molar-refractivity contribution in [3.63, 3.8) is 0 Å². The molecule has 0 aromatic heterocycles. The van der Waals surface area contributed by atoms with Crippen molar-refractivity contribution in [3.8, 4) is 5.75 Å². The van der Waals surface area contributed by atoms with Crippen LogP contribution >= 0.6 is 0 Å². The maximum absolute atomic E-state index is 10.2. The highest BCUT2D eigenvalue weighted by Crippen LogP contribution is 2.12. The van der Waals surface area contributed by atoms with Crippen molar-refractivity contribution in [3.05, 3.63) is 29.8 Å². The molecular weight excluding hydrogens is 176 g/mol. The molecule has 0 spiro atoms. The second-order valence-electron chi connectivity index (χ2n) is 2.30. The zero-order valence-electron chi connectivity index (χ0n) is 6.69. The first-order valence-corrected chi connectivity index (χ1v) is 4.63. The Kier molecular flexibility index (Phi) is 3.25. The number of hydrogen-bond donors (Lipinski definition) is 1. The predicted molar refractivity (Wildman–Crippen MR) is 47.2 cm³/mol. The summed E-state index contributed by atoms with van der Waals surface area (Å²) in [6.07, 6.45) is 0.947. The maximum Gasteiger partial charge on any atom is 0.357 e. The lowest BCUT2D eigenvalue weighted by atomic mass is 10.2. The quantitative estimate of drug-likeness (QED) is 0.732. The van der Waals surface area contributed by atoms with Crippen LogP contribution in [0.3, 0.4) is 0 Å². The van der Waals surface area contributed by atoms with Crippen LogP contribution < -0.4 is 4.18 Å². The Balaban J connectivity index is 2.71. The maximum atomic E-state index is 10.2. The molecule has 1 rings (SSSR count). The first-order valence-electron chi connectivity index (χ1n) is 3.60. The van der Waals surface area contributed by atoms with Crippen LogP contribution in [0.15, 0.2) is 24.3 Å². The molecular formula is C8H10O3S. The SMILES string of the molecule is CCc1ccc(OS(=O)O)cc1. The third-order valence-corrected chi connectivity index (χ3v) is 1.83. The number of aryl methyl sites for hydroxylation is 1. The van der Waals surface area contributed by atoms with E-state index in [1.165, 1.54) is 5.56 Å². The summed E-state index contributed by atoms with van der Waals surface area (Å²) >= 11 is -2.23. The van der Waals surface area contributed by atoms with Crippen molar-refractivity contribution in [2.75, 3.05) is 0 Å². The minimum Gasteiger partial charge on any atom is -0.380 e. The highest BCUT2D eigenvalue weighted by atomic mass is 32.2. The Bertz CT molecular complexity index is 268. The van der Waals surface area contributed by atoms with E-state index in [0.717, 1.165) is 6.42 Å². The normalized spacial score (nSPS) is 12.5. The smallest absolute Gasteiger partial charge is 0.357 e. The van der Waals surface area contributed by atoms with Crippen LogP contribution in [0.2, 0.25) is 0 Å². The van der Waals surface area contributed by atoms with Crippen LogP contribution in [-0.4, -0.2) is 8.76 Å². The van der Waals surface area contributed by atoms with Gasteiger partial charge in [-0.05, 0) is 24.1 Å². The molecule has 0 fully saturated rings. The van der Waals surface area contributed by atoms with Crippen molar-refractivity contribution >= 4 is 11.4 Å². The summed E-state index contributed by atoms with van der Waals surface area (Å²) in [6.45, 7) is 2.04. The Morgan fingerprint density at radius 2 is 2.00 bits per heavy atom. The fourth-order valence-electron chi connectivity index (χ4n) is 0.863. The van der Waals surface area contributed by atoms with Crippen LogP contribution in [0, 0.1) is 0 Å². The van der Waals surface area contributed by atoms with Gasteiger partial charge < -0.3 is 4.18 Å². The molecule has 1 aromatic rings. The largest absolute Gasteiger partial charge is 0.380 e. The molecule has 0 aliphatic carbocycles. The third kappa shape index (κ3) is 2.64. The van der Waals surface area contributed by atoms with Gasteiger partial charge in [-0.3, -0.25) is 4.55 Å². The number of rotatable bonds is 3. The lowest BCUT2D eigenvalue weighted by molar-refractivity contribution is 0.458. The summed E-state index contributed by atoms with van der Waals surface area (Å²) in [6, 6.07) is 7.07. The van der Waals surface area contributed by atoms with Crippen molar-refractivity contribution < 1.29 is 12.9 Å². The van der Waals surface area contributed by atoms with Crippen LogP contribution in [0.4, 0.5) is 0 Å². The predicted octanol–water partition coefficient (Wildman–Crippen LogP) is 1.76. The summed E-state index contributed by atoms with van der Waals surface area (Å²) < 4.78 is 23.1. The molecule has 0 amide bonds. The molecule has 12 heavy (non-hydrogen) atoms. The Hall–Kier alpha value is -0.870. The molecule has 3 nitrogen and oxygen atoms in total. The minimum absolute atomic E-state index is 0.410. The first kappa shape index (κ1) is 9.22. The molecule has 4 heteroatoms. The molecule has 0 bridgehead atoms. The molecule has 66 valence electrons. The van der Waals surface area contributed by atoms with Gasteiger partial charge >= 0.3 is 11.4 Å². The fourth-order valence-corrected chi connectivity index (χ4v) is 1.14. The fraction of sp³-hybridized carbons (Fsp3) is 0.250. The van der Waals surface area contributed by atoms with E-state index in [-0.39, 0.29) is 0 Å². The topological polar surface area (TPSA) is 46.5 Å². The van der Waals surface area contributed by atoms with Gasteiger partial charge in [0, 0.05) is 0 Å². The van der Waals surface area contributed by atoms with Crippen LogP contribution in [0.25, 0.3) is 0 Å². The molecule has 0 radical (unpaired) electrons. The summed E-state index contributed by atoms with van der Waals surface area (Å²) in [5, 5.41) is 0. The molecule has 1 N–H and O–H groups in total. The molecule has 0 saturated carbocycles. The van der Waals surface area contributed by atoms with Gasteiger partial charge in [0.15, 0.2) is 0 Å². The lowest BCUT2D eigenvalue weighted by Gasteiger charge is -2.00. The number of hydrogen-bond acceptors (Lipinski definition) is 2. The molecule has 0 heterocycles. The average Bonchev–Trinajstić information content (AvgIpc) is 2.05. The molecule has 1 atom stereocenters. The van der Waals surface area contributed by atoms with Crippen LogP contribution in [0.5, 0.6) is 5.75 Å². The van der Waals surface area contributed by atoms with Crippen molar-refractivity contribution in [1.29, 1.82) is 0 Å². The minimum atomic E-state index is -2.23. The second-order valence-corrected chi connectivity index (χ2v) is 2.90. The summed E-state index contributed by atoms with van der Waals surface area (Å²) in [5.74, 6) is 0.410. The van der Waals surface area contributed by atoms with E-state index in [1.807, 2.05) is 19.1 Å². The first-order chi connectivity index (χ1) is 5.72. The van der Waals surface area contributed by atoms with Crippen molar-refractivity contribution in [2.24, 2.45) is 0 Å². The lowest BCUT2D eigenvalue weighted by Crippen LogP contribution is -1.97. The molecule has 0 aliphatic rings. The molecule has 0 aliphatic heterocycles. The van der Waals surface area contributed by atoms with Gasteiger partial charge in [-0.1, -0.05) is 19.1 Å². The van der Waals surface area contributed by atoms with E-state index in [9.17, 15) is 4.21 Å². The van der Waals surface area contributed by atoms with E-state index in [4.69, 9.17) is 4.55 Å². The van der Waals surface area contributed by atoms with Gasteiger partial charge in [0.25, 0.3) is 0 Å². The van der Waals surface area contributed by atoms with Gasteiger partial charge in [0.1, 0.15) is 5.75 Å². The second kappa shape index (κ2) is 4.23. The zero-order valence-corrected chi connectivity index (χ0v) is 7.50. The van der Waals surface area contributed by atoms with Gasteiger partial charge in [0.2, 0.25) is 0 Å². The summed E-state index contributed by atoms with van der Waals surface area (Å²) in [4.78, 5) is 0. The van der Waals surface area contributed by atoms with Gasteiger partial charge in [0.05, 0.1) is 0 Å². The van der Waals surface area contributed by atoms with Gasteiger partial charge in [-0.25, -0.2) is 0 Å². The van der Waals surface area contributed by atoms with E-state index >= 15 is 0 Å².